The molecule has 82 valence electrons. The topological polar surface area (TPSA) is 20.3 Å². The van der Waals surface area contributed by atoms with Gasteiger partial charge in [-0.1, -0.05) is 20.8 Å². The Balaban J connectivity index is 2.70. The van der Waals surface area contributed by atoms with Gasteiger partial charge in [0.05, 0.1) is 0 Å². The monoisotopic (exact) mass is 197 g/mol. The summed E-state index contributed by atoms with van der Waals surface area (Å²) in [7, 11) is 0. The molecule has 1 aliphatic rings. The maximum Gasteiger partial charge on any atom is 0.222 e. The molecule has 1 fully saturated rings. The van der Waals surface area contributed by atoms with E-state index >= 15 is 0 Å². The number of nitrogens with zero attached hydrogens (tertiary/aromatic N) is 1. The fourth-order valence-electron chi connectivity index (χ4n) is 2.73. The van der Waals surface area contributed by atoms with E-state index in [0.717, 1.165) is 13.0 Å². The number of hydrogen-bond donors (Lipinski definition) is 0. The van der Waals surface area contributed by atoms with Gasteiger partial charge in [-0.2, -0.15) is 0 Å². The first-order chi connectivity index (χ1) is 6.49. The second kappa shape index (κ2) is 4.33. The molecule has 0 aromatic rings. The van der Waals surface area contributed by atoms with Gasteiger partial charge in [0, 0.05) is 18.5 Å². The maximum absolute atomic E-state index is 11.7. The zero-order valence-corrected chi connectivity index (χ0v) is 9.97. The van der Waals surface area contributed by atoms with Gasteiger partial charge in [0.2, 0.25) is 5.91 Å². The molecule has 0 aromatic carbocycles. The van der Waals surface area contributed by atoms with Gasteiger partial charge in [-0.15, -0.1) is 0 Å². The van der Waals surface area contributed by atoms with E-state index < -0.39 is 0 Å². The predicted molar refractivity (Wildman–Crippen MR) is 59.1 cm³/mol. The molecule has 1 aliphatic heterocycles. The quantitative estimate of drug-likeness (QED) is 0.681. The van der Waals surface area contributed by atoms with Crippen molar-refractivity contribution < 1.29 is 4.79 Å². The van der Waals surface area contributed by atoms with E-state index in [1.807, 2.05) is 6.92 Å². The third-order valence-electron chi connectivity index (χ3n) is 3.20. The summed E-state index contributed by atoms with van der Waals surface area (Å²) in [5, 5.41) is 0. The Morgan fingerprint density at radius 1 is 1.50 bits per heavy atom. The molecule has 1 unspecified atom stereocenters. The average molecular weight is 197 g/mol. The summed E-state index contributed by atoms with van der Waals surface area (Å²) >= 11 is 0. The van der Waals surface area contributed by atoms with Gasteiger partial charge in [-0.05, 0) is 32.1 Å². The van der Waals surface area contributed by atoms with E-state index in [1.54, 1.807) is 0 Å². The lowest BCUT2D eigenvalue weighted by Gasteiger charge is -2.36. The molecule has 0 spiro atoms. The Bertz CT molecular complexity index is 212. The molecule has 2 nitrogen and oxygen atoms in total. The lowest BCUT2D eigenvalue weighted by Crippen LogP contribution is -2.45. The number of likely N-dealkylation sites (tertiary alicyclic amines) is 1. The van der Waals surface area contributed by atoms with E-state index in [9.17, 15) is 4.79 Å². The molecule has 1 heterocycles. The highest BCUT2D eigenvalue weighted by molar-refractivity contribution is 5.77. The van der Waals surface area contributed by atoms with Gasteiger partial charge in [0.15, 0.2) is 0 Å². The van der Waals surface area contributed by atoms with E-state index in [4.69, 9.17) is 0 Å². The molecule has 0 aliphatic carbocycles. The number of carbonyl (C=O) groups is 1. The molecule has 14 heavy (non-hydrogen) atoms. The molecular formula is C12H23NO. The SMILES string of the molecule is CCC(=O)N1CCCC1(C)CC(C)C. The Hall–Kier alpha value is -0.530. The molecule has 1 atom stereocenters. The van der Waals surface area contributed by atoms with Crippen molar-refractivity contribution in [2.45, 2.75) is 58.9 Å². The van der Waals surface area contributed by atoms with Crippen molar-refractivity contribution in [3.63, 3.8) is 0 Å². The van der Waals surface area contributed by atoms with Crippen LogP contribution in [-0.2, 0) is 4.79 Å². The zero-order chi connectivity index (χ0) is 10.8. The van der Waals surface area contributed by atoms with Crippen LogP contribution in [0.3, 0.4) is 0 Å². The standard InChI is InChI=1S/C12H23NO/c1-5-11(14)13-8-6-7-12(13,4)9-10(2)3/h10H,5-9H2,1-4H3. The van der Waals surface area contributed by atoms with Crippen LogP contribution in [0, 0.1) is 5.92 Å². The molecule has 0 radical (unpaired) electrons. The van der Waals surface area contributed by atoms with E-state index in [1.165, 1.54) is 12.8 Å². The predicted octanol–water partition coefficient (Wildman–Crippen LogP) is 2.82. The maximum atomic E-state index is 11.7. The molecule has 0 bridgehead atoms. The van der Waals surface area contributed by atoms with Crippen LogP contribution < -0.4 is 0 Å². The summed E-state index contributed by atoms with van der Waals surface area (Å²) in [5.41, 5.74) is 0.140. The summed E-state index contributed by atoms with van der Waals surface area (Å²) in [5.74, 6) is 0.996. The largest absolute Gasteiger partial charge is 0.337 e. The third kappa shape index (κ3) is 2.28. The lowest BCUT2D eigenvalue weighted by atomic mass is 9.88. The summed E-state index contributed by atoms with van der Waals surface area (Å²) < 4.78 is 0. The van der Waals surface area contributed by atoms with Gasteiger partial charge < -0.3 is 4.90 Å². The first kappa shape index (κ1) is 11.5. The first-order valence-electron chi connectivity index (χ1n) is 5.80. The van der Waals surface area contributed by atoms with Gasteiger partial charge in [0.25, 0.3) is 0 Å². The van der Waals surface area contributed by atoms with E-state index in [2.05, 4.69) is 25.7 Å². The summed E-state index contributed by atoms with van der Waals surface area (Å²) in [6.07, 6.45) is 4.14. The third-order valence-corrected chi connectivity index (χ3v) is 3.20. The Morgan fingerprint density at radius 2 is 2.14 bits per heavy atom. The van der Waals surface area contributed by atoms with Crippen molar-refractivity contribution in [2.75, 3.05) is 6.54 Å². The fourth-order valence-corrected chi connectivity index (χ4v) is 2.73. The summed E-state index contributed by atoms with van der Waals surface area (Å²) in [6, 6.07) is 0. The van der Waals surface area contributed by atoms with Crippen LogP contribution in [-0.4, -0.2) is 22.9 Å². The van der Waals surface area contributed by atoms with Crippen LogP contribution in [0.4, 0.5) is 0 Å². The van der Waals surface area contributed by atoms with Gasteiger partial charge in [-0.3, -0.25) is 4.79 Å². The van der Waals surface area contributed by atoms with Crippen molar-refractivity contribution in [2.24, 2.45) is 5.92 Å². The number of hydrogen-bond acceptors (Lipinski definition) is 1. The normalized spacial score (nSPS) is 27.4. The molecule has 1 rings (SSSR count). The van der Waals surface area contributed by atoms with Crippen molar-refractivity contribution in [1.29, 1.82) is 0 Å². The van der Waals surface area contributed by atoms with Crippen molar-refractivity contribution in [1.82, 2.24) is 4.90 Å². The highest BCUT2D eigenvalue weighted by Gasteiger charge is 2.38. The molecule has 1 amide bonds. The molecule has 0 saturated carbocycles. The fraction of sp³-hybridized carbons (Fsp3) is 0.917. The van der Waals surface area contributed by atoms with Crippen LogP contribution in [0.25, 0.3) is 0 Å². The molecule has 2 heteroatoms. The van der Waals surface area contributed by atoms with Crippen LogP contribution in [0.1, 0.15) is 53.4 Å². The zero-order valence-electron chi connectivity index (χ0n) is 9.97. The van der Waals surface area contributed by atoms with E-state index in [0.29, 0.717) is 18.2 Å². The van der Waals surface area contributed by atoms with Crippen molar-refractivity contribution in [3.05, 3.63) is 0 Å². The van der Waals surface area contributed by atoms with Crippen LogP contribution in [0.2, 0.25) is 0 Å². The minimum absolute atomic E-state index is 0.140. The van der Waals surface area contributed by atoms with Crippen LogP contribution in [0.15, 0.2) is 0 Å². The van der Waals surface area contributed by atoms with Gasteiger partial charge in [0.1, 0.15) is 0 Å². The second-order valence-electron chi connectivity index (χ2n) is 5.10. The Labute approximate surface area is 87.7 Å². The Morgan fingerprint density at radius 3 is 2.64 bits per heavy atom. The smallest absolute Gasteiger partial charge is 0.222 e. The first-order valence-corrected chi connectivity index (χ1v) is 5.80. The van der Waals surface area contributed by atoms with Gasteiger partial charge >= 0.3 is 0 Å². The Kier molecular flexibility index (Phi) is 3.57. The summed E-state index contributed by atoms with van der Waals surface area (Å²) in [6.45, 7) is 9.64. The number of rotatable bonds is 3. The van der Waals surface area contributed by atoms with Crippen LogP contribution >= 0.6 is 0 Å². The van der Waals surface area contributed by atoms with E-state index in [-0.39, 0.29) is 5.54 Å². The van der Waals surface area contributed by atoms with Crippen LogP contribution in [0.5, 0.6) is 0 Å². The molecule has 0 N–H and O–H groups in total. The highest BCUT2D eigenvalue weighted by Crippen LogP contribution is 2.34. The minimum Gasteiger partial charge on any atom is -0.337 e. The van der Waals surface area contributed by atoms with Crippen molar-refractivity contribution in [3.8, 4) is 0 Å². The van der Waals surface area contributed by atoms with Gasteiger partial charge in [-0.25, -0.2) is 0 Å². The minimum atomic E-state index is 0.140. The molecule has 0 aromatic heterocycles. The molecular weight excluding hydrogens is 174 g/mol. The highest BCUT2D eigenvalue weighted by atomic mass is 16.2. The lowest BCUT2D eigenvalue weighted by molar-refractivity contribution is -0.134. The number of carbonyl (C=O) groups excluding carboxylic acids is 1. The molecule has 1 saturated heterocycles. The van der Waals surface area contributed by atoms with Crippen molar-refractivity contribution >= 4 is 5.91 Å². The number of amides is 1. The average Bonchev–Trinajstić information content (AvgIpc) is 2.44. The summed E-state index contributed by atoms with van der Waals surface area (Å²) in [4.78, 5) is 13.8. The second-order valence-corrected chi connectivity index (χ2v) is 5.10.